The van der Waals surface area contributed by atoms with Crippen molar-refractivity contribution in [3.05, 3.63) is 95.7 Å². The van der Waals surface area contributed by atoms with Gasteiger partial charge in [0, 0.05) is 5.39 Å². The molecule has 2 amide bonds. The van der Waals surface area contributed by atoms with Gasteiger partial charge in [-0.15, -0.1) is 0 Å². The highest BCUT2D eigenvalue weighted by atomic mass is 16.5. The normalized spacial score (nSPS) is 11.5. The number of H-pyrrole nitrogens is 1. The maximum atomic E-state index is 12.8. The zero-order valence-electron chi connectivity index (χ0n) is 17.9. The van der Waals surface area contributed by atoms with Crippen LogP contribution < -0.4 is 10.6 Å². The molecule has 0 fully saturated rings. The van der Waals surface area contributed by atoms with Crippen molar-refractivity contribution in [2.75, 3.05) is 11.9 Å². The second kappa shape index (κ2) is 9.78. The molecule has 4 rings (SSSR count). The molecule has 8 heteroatoms. The van der Waals surface area contributed by atoms with Crippen LogP contribution in [-0.2, 0) is 9.53 Å². The molecule has 3 N–H and O–H groups in total. The molecule has 0 aliphatic heterocycles. The fourth-order valence-corrected chi connectivity index (χ4v) is 3.39. The van der Waals surface area contributed by atoms with E-state index in [9.17, 15) is 14.4 Å². The predicted molar refractivity (Wildman–Crippen MR) is 124 cm³/mol. The number of para-hydroxylation sites is 2. The number of esters is 1. The Balaban J connectivity index is 1.38. The number of carbonyl (C=O) groups is 3. The van der Waals surface area contributed by atoms with E-state index in [1.165, 1.54) is 0 Å². The van der Waals surface area contributed by atoms with Crippen molar-refractivity contribution in [1.82, 2.24) is 15.5 Å². The van der Waals surface area contributed by atoms with Crippen LogP contribution >= 0.6 is 0 Å². The summed E-state index contributed by atoms with van der Waals surface area (Å²) in [6.45, 7) is 1.36. The third-order valence-electron chi connectivity index (χ3n) is 5.09. The number of aromatic amines is 1. The summed E-state index contributed by atoms with van der Waals surface area (Å²) in [5.74, 6) is -1.62. The van der Waals surface area contributed by atoms with E-state index in [1.807, 2.05) is 43.3 Å². The molecule has 1 aromatic heterocycles. The molecule has 8 nitrogen and oxygen atoms in total. The fourth-order valence-electron chi connectivity index (χ4n) is 3.39. The fraction of sp³-hybridized carbons (Fsp3) is 0.120. The number of fused-ring (bicyclic) bond motifs is 1. The number of hydrogen-bond donors (Lipinski definition) is 3. The monoisotopic (exact) mass is 442 g/mol. The quantitative estimate of drug-likeness (QED) is 0.376. The summed E-state index contributed by atoms with van der Waals surface area (Å²) < 4.78 is 5.12. The highest BCUT2D eigenvalue weighted by Crippen LogP contribution is 2.19. The van der Waals surface area contributed by atoms with E-state index >= 15 is 0 Å². The number of rotatable bonds is 7. The summed E-state index contributed by atoms with van der Waals surface area (Å²) in [6, 6.07) is 23.1. The molecule has 1 heterocycles. The summed E-state index contributed by atoms with van der Waals surface area (Å²) in [4.78, 5) is 37.6. The number of ether oxygens (including phenoxy) is 1. The summed E-state index contributed by atoms with van der Waals surface area (Å²) in [5.41, 5.74) is 2.39. The summed E-state index contributed by atoms with van der Waals surface area (Å²) in [6.07, 6.45) is 0. The maximum Gasteiger partial charge on any atom is 0.359 e. The van der Waals surface area contributed by atoms with Gasteiger partial charge in [0.25, 0.3) is 11.8 Å². The average molecular weight is 442 g/mol. The number of amides is 2. The Bertz CT molecular complexity index is 1300. The molecule has 0 bridgehead atoms. The van der Waals surface area contributed by atoms with Gasteiger partial charge in [-0.25, -0.2) is 4.79 Å². The Morgan fingerprint density at radius 3 is 2.45 bits per heavy atom. The van der Waals surface area contributed by atoms with E-state index in [1.54, 1.807) is 42.5 Å². The molecule has 0 spiro atoms. The predicted octanol–water partition coefficient (Wildman–Crippen LogP) is 3.85. The van der Waals surface area contributed by atoms with Gasteiger partial charge in [0.05, 0.1) is 22.8 Å². The van der Waals surface area contributed by atoms with Gasteiger partial charge >= 0.3 is 5.97 Å². The summed E-state index contributed by atoms with van der Waals surface area (Å²) in [7, 11) is 0. The lowest BCUT2D eigenvalue weighted by molar-refractivity contribution is -0.119. The minimum atomic E-state index is -0.717. The number of benzene rings is 3. The molecule has 33 heavy (non-hydrogen) atoms. The zero-order chi connectivity index (χ0) is 23.2. The van der Waals surface area contributed by atoms with Crippen molar-refractivity contribution in [3.63, 3.8) is 0 Å². The Morgan fingerprint density at radius 1 is 0.939 bits per heavy atom. The van der Waals surface area contributed by atoms with Crippen LogP contribution in [0.25, 0.3) is 10.9 Å². The highest BCUT2D eigenvalue weighted by molar-refractivity contribution is 6.05. The van der Waals surface area contributed by atoms with Gasteiger partial charge in [0.15, 0.2) is 12.3 Å². The SMILES string of the molecule is CC(NC(=O)c1ccccc1NC(=O)COC(=O)c1n[nH]c2ccccc12)c1ccccc1. The van der Waals surface area contributed by atoms with Gasteiger partial charge in [-0.1, -0.05) is 60.7 Å². The number of nitrogens with one attached hydrogen (secondary N) is 3. The lowest BCUT2D eigenvalue weighted by Crippen LogP contribution is -2.28. The Morgan fingerprint density at radius 2 is 1.64 bits per heavy atom. The largest absolute Gasteiger partial charge is 0.451 e. The van der Waals surface area contributed by atoms with Crippen LogP contribution in [0.15, 0.2) is 78.9 Å². The van der Waals surface area contributed by atoms with E-state index in [-0.39, 0.29) is 17.6 Å². The van der Waals surface area contributed by atoms with Crippen molar-refractivity contribution >= 4 is 34.4 Å². The van der Waals surface area contributed by atoms with Crippen molar-refractivity contribution in [3.8, 4) is 0 Å². The van der Waals surface area contributed by atoms with Crippen LogP contribution in [0.4, 0.5) is 5.69 Å². The standard InChI is InChI=1S/C25H22N4O4/c1-16(17-9-3-2-4-10-17)26-24(31)19-12-6-7-13-20(19)27-22(30)15-33-25(32)23-18-11-5-8-14-21(18)28-29-23/h2-14,16H,15H2,1H3,(H,26,31)(H,27,30)(H,28,29). The number of anilines is 1. The van der Waals surface area contributed by atoms with Crippen molar-refractivity contribution in [1.29, 1.82) is 0 Å². The van der Waals surface area contributed by atoms with Gasteiger partial charge in [-0.3, -0.25) is 14.7 Å². The molecule has 0 aliphatic carbocycles. The summed E-state index contributed by atoms with van der Waals surface area (Å²) in [5, 5.41) is 12.9. The molecule has 4 aromatic rings. The van der Waals surface area contributed by atoms with Crippen molar-refractivity contribution < 1.29 is 19.1 Å². The third kappa shape index (κ3) is 5.07. The maximum absolute atomic E-state index is 12.8. The van der Waals surface area contributed by atoms with Gasteiger partial charge < -0.3 is 15.4 Å². The smallest absolute Gasteiger partial charge is 0.359 e. The van der Waals surface area contributed by atoms with Gasteiger partial charge in [0.2, 0.25) is 0 Å². The van der Waals surface area contributed by atoms with Crippen LogP contribution in [0.2, 0.25) is 0 Å². The van der Waals surface area contributed by atoms with Gasteiger partial charge in [-0.05, 0) is 30.7 Å². The Hall–Kier alpha value is -4.46. The molecular formula is C25H22N4O4. The van der Waals surface area contributed by atoms with E-state index in [2.05, 4.69) is 20.8 Å². The summed E-state index contributed by atoms with van der Waals surface area (Å²) >= 11 is 0. The first-order valence-electron chi connectivity index (χ1n) is 10.4. The molecule has 0 saturated carbocycles. The van der Waals surface area contributed by atoms with Crippen LogP contribution in [-0.4, -0.2) is 34.6 Å². The third-order valence-corrected chi connectivity index (χ3v) is 5.09. The van der Waals surface area contributed by atoms with Gasteiger partial charge in [-0.2, -0.15) is 5.10 Å². The van der Waals surface area contributed by atoms with E-state index in [0.717, 1.165) is 5.56 Å². The number of carbonyl (C=O) groups excluding carboxylic acids is 3. The lowest BCUT2D eigenvalue weighted by atomic mass is 10.1. The highest BCUT2D eigenvalue weighted by Gasteiger charge is 2.19. The van der Waals surface area contributed by atoms with Crippen molar-refractivity contribution in [2.24, 2.45) is 0 Å². The van der Waals surface area contributed by atoms with Crippen LogP contribution in [0, 0.1) is 0 Å². The van der Waals surface area contributed by atoms with E-state index in [4.69, 9.17) is 4.74 Å². The first-order chi connectivity index (χ1) is 16.0. The molecule has 166 valence electrons. The Labute approximate surface area is 190 Å². The average Bonchev–Trinajstić information content (AvgIpc) is 3.28. The van der Waals surface area contributed by atoms with Gasteiger partial charge in [0.1, 0.15) is 0 Å². The molecular weight excluding hydrogens is 420 g/mol. The first kappa shape index (κ1) is 21.8. The van der Waals surface area contributed by atoms with Crippen LogP contribution in [0.5, 0.6) is 0 Å². The second-order valence-electron chi connectivity index (χ2n) is 7.39. The second-order valence-corrected chi connectivity index (χ2v) is 7.39. The first-order valence-corrected chi connectivity index (χ1v) is 10.4. The zero-order valence-corrected chi connectivity index (χ0v) is 17.9. The molecule has 0 aliphatic rings. The molecule has 0 radical (unpaired) electrons. The molecule has 1 atom stereocenters. The number of nitrogens with zero attached hydrogens (tertiary/aromatic N) is 1. The minimum Gasteiger partial charge on any atom is -0.451 e. The van der Waals surface area contributed by atoms with Crippen molar-refractivity contribution in [2.45, 2.75) is 13.0 Å². The van der Waals surface area contributed by atoms with E-state index < -0.39 is 18.5 Å². The molecule has 0 saturated heterocycles. The lowest BCUT2D eigenvalue weighted by Gasteiger charge is -2.16. The van der Waals surface area contributed by atoms with Crippen LogP contribution in [0.1, 0.15) is 39.4 Å². The van der Waals surface area contributed by atoms with E-state index in [0.29, 0.717) is 22.2 Å². The van der Waals surface area contributed by atoms with Crippen LogP contribution in [0.3, 0.4) is 0 Å². The number of aromatic nitrogens is 2. The molecule has 1 unspecified atom stereocenters. The molecule has 3 aromatic carbocycles. The minimum absolute atomic E-state index is 0.105. The topological polar surface area (TPSA) is 113 Å². The number of hydrogen-bond acceptors (Lipinski definition) is 5. The Kier molecular flexibility index (Phi) is 6.45.